The van der Waals surface area contributed by atoms with Crippen molar-refractivity contribution in [2.75, 3.05) is 52.4 Å². The SMILES string of the molecule is COc1ccc(C(OC[C@@]2(COP(OCCC#N)N(C(C)C)C(C)C)CN(C3CCCCC3)C[C@H](n3ccc(NC(=O)c4ccccc4)nc3=O)O2)(c2ccccc2)c2ccc(OC)cc2)cc1. The van der Waals surface area contributed by atoms with Crippen molar-refractivity contribution >= 4 is 20.3 Å². The van der Waals surface area contributed by atoms with Crippen LogP contribution in [0.25, 0.3) is 0 Å². The molecule has 1 aliphatic heterocycles. The highest BCUT2D eigenvalue weighted by molar-refractivity contribution is 7.44. The second kappa shape index (κ2) is 23.7. The fourth-order valence-corrected chi connectivity index (χ4v) is 11.0. The van der Waals surface area contributed by atoms with E-state index in [0.717, 1.165) is 48.8 Å². The molecule has 2 aliphatic rings. The van der Waals surface area contributed by atoms with E-state index in [2.05, 4.69) is 65.8 Å². The molecule has 4 aromatic carbocycles. The van der Waals surface area contributed by atoms with Gasteiger partial charge in [0, 0.05) is 43.0 Å². The fraction of sp³-hybridized carbons (Fsp3) is 0.434. The number of carbonyl (C=O) groups is 1. The third-order valence-corrected chi connectivity index (χ3v) is 14.7. The van der Waals surface area contributed by atoms with Crippen LogP contribution in [-0.2, 0) is 24.1 Å². The van der Waals surface area contributed by atoms with Crippen molar-refractivity contribution < 1.29 is 32.8 Å². The summed E-state index contributed by atoms with van der Waals surface area (Å²) in [5.41, 5.74) is 0.0217. The molecule has 1 amide bonds. The summed E-state index contributed by atoms with van der Waals surface area (Å²) in [7, 11) is 1.58. The van der Waals surface area contributed by atoms with Crippen LogP contribution >= 0.6 is 8.53 Å². The normalized spacial score (nSPS) is 18.6. The number of aromatic nitrogens is 2. The van der Waals surface area contributed by atoms with Crippen LogP contribution in [0.15, 0.2) is 126 Å². The Morgan fingerprint density at radius 3 is 1.99 bits per heavy atom. The molecule has 2 heterocycles. The quantitative estimate of drug-likeness (QED) is 0.0424. The molecule has 1 unspecified atom stereocenters. The lowest BCUT2D eigenvalue weighted by molar-refractivity contribution is -0.234. The molecule has 1 saturated carbocycles. The maximum absolute atomic E-state index is 14.2. The number of morpholine rings is 1. The number of carbonyl (C=O) groups excluding carboxylic acids is 1. The highest BCUT2D eigenvalue weighted by Crippen LogP contribution is 2.49. The summed E-state index contributed by atoms with van der Waals surface area (Å²) in [5, 5.41) is 12.3. The number of hydrogen-bond donors (Lipinski definition) is 1. The second-order valence-electron chi connectivity index (χ2n) is 17.9. The van der Waals surface area contributed by atoms with Gasteiger partial charge in [-0.2, -0.15) is 10.2 Å². The summed E-state index contributed by atoms with van der Waals surface area (Å²) >= 11 is 0. The first-order valence-electron chi connectivity index (χ1n) is 23.6. The van der Waals surface area contributed by atoms with Crippen molar-refractivity contribution in [3.63, 3.8) is 0 Å². The van der Waals surface area contributed by atoms with Crippen molar-refractivity contribution in [2.45, 2.75) is 102 Å². The Balaban J connectivity index is 1.36. The number of methoxy groups -OCH3 is 2. The highest BCUT2D eigenvalue weighted by atomic mass is 31.2. The maximum Gasteiger partial charge on any atom is 0.351 e. The minimum Gasteiger partial charge on any atom is -0.497 e. The summed E-state index contributed by atoms with van der Waals surface area (Å²) < 4.78 is 43.5. The Kier molecular flexibility index (Phi) is 17.6. The third kappa shape index (κ3) is 12.0. The van der Waals surface area contributed by atoms with Crippen LogP contribution < -0.4 is 20.5 Å². The lowest BCUT2D eigenvalue weighted by Gasteiger charge is -2.50. The summed E-state index contributed by atoms with van der Waals surface area (Å²) in [6.07, 6.45) is 6.33. The van der Waals surface area contributed by atoms with Gasteiger partial charge in [0.2, 0.25) is 0 Å². The molecule has 0 radical (unpaired) electrons. The molecule has 0 bridgehead atoms. The van der Waals surface area contributed by atoms with Gasteiger partial charge in [0.15, 0.2) is 6.23 Å². The van der Waals surface area contributed by atoms with Gasteiger partial charge in [-0.15, -0.1) is 0 Å². The average molecular weight is 945 g/mol. The maximum atomic E-state index is 14.2. The van der Waals surface area contributed by atoms with Crippen molar-refractivity contribution in [1.82, 2.24) is 19.1 Å². The zero-order valence-electron chi connectivity index (χ0n) is 40.1. The molecule has 1 saturated heterocycles. The van der Waals surface area contributed by atoms with Crippen LogP contribution in [0.2, 0.25) is 0 Å². The van der Waals surface area contributed by atoms with E-state index in [9.17, 15) is 14.9 Å². The van der Waals surface area contributed by atoms with Crippen LogP contribution in [0.5, 0.6) is 11.5 Å². The van der Waals surface area contributed by atoms with Gasteiger partial charge in [-0.3, -0.25) is 14.3 Å². The minimum absolute atomic E-state index is 0.00219. The van der Waals surface area contributed by atoms with Crippen molar-refractivity contribution in [3.8, 4) is 17.6 Å². The Labute approximate surface area is 402 Å². The van der Waals surface area contributed by atoms with Gasteiger partial charge in [-0.25, -0.2) is 9.46 Å². The second-order valence-corrected chi connectivity index (χ2v) is 19.4. The van der Waals surface area contributed by atoms with E-state index in [-0.39, 0.29) is 56.1 Å². The Hall–Kier alpha value is -5.49. The molecule has 1 N–H and O–H groups in total. The number of nitriles is 1. The number of nitrogens with one attached hydrogen (secondary N) is 1. The highest BCUT2D eigenvalue weighted by Gasteiger charge is 2.49. The summed E-state index contributed by atoms with van der Waals surface area (Å²) in [6, 6.07) is 38.9. The van der Waals surface area contributed by atoms with Gasteiger partial charge in [-0.05, 0) is 99.7 Å². The third-order valence-electron chi connectivity index (χ3n) is 12.6. The monoisotopic (exact) mass is 944 g/mol. The van der Waals surface area contributed by atoms with E-state index >= 15 is 0 Å². The molecule has 14 nitrogen and oxygen atoms in total. The van der Waals surface area contributed by atoms with E-state index in [1.54, 1.807) is 50.7 Å². The smallest absolute Gasteiger partial charge is 0.351 e. The molecule has 1 aliphatic carbocycles. The number of hydrogen-bond acceptors (Lipinski definition) is 12. The molecule has 0 spiro atoms. The van der Waals surface area contributed by atoms with Gasteiger partial charge >= 0.3 is 5.69 Å². The van der Waals surface area contributed by atoms with Gasteiger partial charge in [0.25, 0.3) is 14.4 Å². The summed E-state index contributed by atoms with van der Waals surface area (Å²) in [4.78, 5) is 34.2. The topological polar surface area (TPSA) is 150 Å². The van der Waals surface area contributed by atoms with Gasteiger partial charge in [-0.1, -0.05) is 92.1 Å². The van der Waals surface area contributed by atoms with Crippen LogP contribution in [-0.4, -0.2) is 95.9 Å². The van der Waals surface area contributed by atoms with Gasteiger partial charge in [0.1, 0.15) is 28.5 Å². The molecule has 15 heteroatoms. The standard InChI is InChI=1S/C53H65N6O8P/c1-39(2)59(40(3)4)68(65-34-16-32-54)66-38-52(37-64-53(42-19-12-8-13-20-42,43-23-27-46(62-5)28-24-43)44-25-29-47(63-6)30-26-44)36-57(45-21-14-9-15-22-45)35-49(67-52)58-33-31-48(56-51(58)61)55-50(60)41-17-10-7-11-18-41/h7-8,10-13,17-20,23-31,33,39-40,45,49H,9,14-16,21-22,34-38H2,1-6H3,(H,55,56,60,61)/t49-,52-,68?/m1/s1. The number of ether oxygens (including phenoxy) is 4. The fourth-order valence-electron chi connectivity index (χ4n) is 9.35. The molecule has 3 atom stereocenters. The molecular formula is C53H65N6O8P. The number of benzene rings is 4. The zero-order chi connectivity index (χ0) is 48.1. The number of nitrogens with zero attached hydrogens (tertiary/aromatic N) is 5. The molecule has 7 rings (SSSR count). The van der Waals surface area contributed by atoms with Crippen molar-refractivity contribution in [3.05, 3.63) is 154 Å². The molecule has 360 valence electrons. The van der Waals surface area contributed by atoms with Crippen molar-refractivity contribution in [2.24, 2.45) is 0 Å². The lowest BCUT2D eigenvalue weighted by Crippen LogP contribution is -2.62. The first kappa shape index (κ1) is 50.4. The molecule has 5 aromatic rings. The number of anilines is 1. The van der Waals surface area contributed by atoms with Crippen LogP contribution in [0.4, 0.5) is 5.82 Å². The van der Waals surface area contributed by atoms with E-state index in [1.807, 2.05) is 72.8 Å². The largest absolute Gasteiger partial charge is 0.497 e. The van der Waals surface area contributed by atoms with E-state index in [1.165, 1.54) is 4.57 Å². The van der Waals surface area contributed by atoms with E-state index in [4.69, 9.17) is 28.0 Å². The van der Waals surface area contributed by atoms with Crippen molar-refractivity contribution in [1.29, 1.82) is 5.26 Å². The Morgan fingerprint density at radius 1 is 0.838 bits per heavy atom. The summed E-state index contributed by atoms with van der Waals surface area (Å²) in [6.45, 7) is 9.45. The Morgan fingerprint density at radius 2 is 1.43 bits per heavy atom. The predicted molar refractivity (Wildman–Crippen MR) is 264 cm³/mol. The lowest BCUT2D eigenvalue weighted by atomic mass is 9.79. The van der Waals surface area contributed by atoms with Crippen LogP contribution in [0, 0.1) is 11.3 Å². The first-order valence-corrected chi connectivity index (χ1v) is 24.7. The minimum atomic E-state index is -1.71. The van der Waals surface area contributed by atoms with Crippen LogP contribution in [0.1, 0.15) is 99.5 Å². The Bertz CT molecular complexity index is 2410. The molecule has 2 fully saturated rings. The van der Waals surface area contributed by atoms with Gasteiger partial charge < -0.3 is 33.3 Å². The van der Waals surface area contributed by atoms with E-state index < -0.39 is 31.6 Å². The van der Waals surface area contributed by atoms with E-state index in [0.29, 0.717) is 30.2 Å². The van der Waals surface area contributed by atoms with Crippen LogP contribution in [0.3, 0.4) is 0 Å². The average Bonchev–Trinajstić information content (AvgIpc) is 3.36. The summed E-state index contributed by atoms with van der Waals surface area (Å²) in [5.74, 6) is 1.16. The van der Waals surface area contributed by atoms with Gasteiger partial charge in [0.05, 0.1) is 46.5 Å². The zero-order valence-corrected chi connectivity index (χ0v) is 41.0. The molecule has 68 heavy (non-hydrogen) atoms. The predicted octanol–water partition coefficient (Wildman–Crippen LogP) is 9.72. The number of rotatable bonds is 21. The molecular weight excluding hydrogens is 880 g/mol. The first-order chi connectivity index (χ1) is 33.0. The number of amides is 1. The molecule has 1 aromatic heterocycles.